The van der Waals surface area contributed by atoms with Crippen LogP contribution in [0.2, 0.25) is 0 Å². The molecule has 18 heavy (non-hydrogen) atoms. The standard InChI is InChI=1S/C14H21NO3/c1-10(15-7-11(16)8-17-2)13-9-18-14-6-4-3-5-12(13)14/h3-6,10-11,13,15-16H,7-9H2,1-2H3/t10-,11+,13-/m1/s1. The fraction of sp³-hybridized carbons (Fsp3) is 0.571. The van der Waals surface area contributed by atoms with Gasteiger partial charge in [0.25, 0.3) is 0 Å². The SMILES string of the molecule is COC[C@@H](O)CN[C@H](C)[C@H]1COc2ccccc21. The first kappa shape index (κ1) is 13.3. The van der Waals surface area contributed by atoms with E-state index in [9.17, 15) is 5.11 Å². The first-order valence-corrected chi connectivity index (χ1v) is 6.34. The van der Waals surface area contributed by atoms with Crippen molar-refractivity contribution in [1.82, 2.24) is 5.32 Å². The Hall–Kier alpha value is -1.10. The number of hydrogen-bond donors (Lipinski definition) is 2. The molecule has 3 atom stereocenters. The zero-order valence-corrected chi connectivity index (χ0v) is 10.9. The minimum absolute atomic E-state index is 0.264. The van der Waals surface area contributed by atoms with Crippen molar-refractivity contribution in [3.8, 4) is 5.75 Å². The highest BCUT2D eigenvalue weighted by Crippen LogP contribution is 2.35. The Balaban J connectivity index is 1.89. The second kappa shape index (κ2) is 6.18. The molecule has 1 aliphatic heterocycles. The summed E-state index contributed by atoms with van der Waals surface area (Å²) in [6.45, 7) is 3.72. The zero-order valence-electron chi connectivity index (χ0n) is 10.9. The molecule has 0 aromatic heterocycles. The Kier molecular flexibility index (Phi) is 4.58. The molecule has 4 nitrogen and oxygen atoms in total. The van der Waals surface area contributed by atoms with Gasteiger partial charge in [-0.1, -0.05) is 18.2 Å². The Morgan fingerprint density at radius 2 is 2.28 bits per heavy atom. The highest BCUT2D eigenvalue weighted by molar-refractivity contribution is 5.40. The van der Waals surface area contributed by atoms with Crippen LogP contribution in [0, 0.1) is 0 Å². The molecule has 1 aromatic rings. The van der Waals surface area contributed by atoms with Gasteiger partial charge in [-0.25, -0.2) is 0 Å². The van der Waals surface area contributed by atoms with Crippen LogP contribution >= 0.6 is 0 Å². The topological polar surface area (TPSA) is 50.7 Å². The molecule has 0 bridgehead atoms. The van der Waals surface area contributed by atoms with Gasteiger partial charge in [-0.2, -0.15) is 0 Å². The highest BCUT2D eigenvalue weighted by atomic mass is 16.5. The number of rotatable bonds is 6. The lowest BCUT2D eigenvalue weighted by atomic mass is 9.94. The molecule has 1 aromatic carbocycles. The average Bonchev–Trinajstić information content (AvgIpc) is 2.80. The molecule has 100 valence electrons. The van der Waals surface area contributed by atoms with Gasteiger partial charge in [-0.15, -0.1) is 0 Å². The Labute approximate surface area is 108 Å². The van der Waals surface area contributed by atoms with E-state index in [2.05, 4.69) is 18.3 Å². The molecule has 0 unspecified atom stereocenters. The summed E-state index contributed by atoms with van der Waals surface area (Å²) < 4.78 is 10.6. The molecule has 0 aliphatic carbocycles. The van der Waals surface area contributed by atoms with Crippen molar-refractivity contribution < 1.29 is 14.6 Å². The third-order valence-electron chi connectivity index (χ3n) is 3.37. The van der Waals surface area contributed by atoms with Crippen LogP contribution in [0.5, 0.6) is 5.75 Å². The van der Waals surface area contributed by atoms with E-state index in [4.69, 9.17) is 9.47 Å². The molecular formula is C14H21NO3. The third kappa shape index (κ3) is 3.02. The normalized spacial score (nSPS) is 21.2. The maximum absolute atomic E-state index is 9.62. The lowest BCUT2D eigenvalue weighted by molar-refractivity contribution is 0.0622. The van der Waals surface area contributed by atoms with Crippen LogP contribution in [0.1, 0.15) is 18.4 Å². The molecule has 2 rings (SSSR count). The maximum atomic E-state index is 9.62. The summed E-state index contributed by atoms with van der Waals surface area (Å²) in [4.78, 5) is 0. The van der Waals surface area contributed by atoms with Gasteiger partial charge in [0.1, 0.15) is 5.75 Å². The van der Waals surface area contributed by atoms with Gasteiger partial charge >= 0.3 is 0 Å². The van der Waals surface area contributed by atoms with E-state index in [-0.39, 0.29) is 6.04 Å². The molecule has 1 aliphatic rings. The number of hydrogen-bond acceptors (Lipinski definition) is 4. The minimum Gasteiger partial charge on any atom is -0.493 e. The van der Waals surface area contributed by atoms with E-state index in [1.807, 2.05) is 18.2 Å². The molecule has 0 amide bonds. The van der Waals surface area contributed by atoms with Crippen LogP contribution in [-0.2, 0) is 4.74 Å². The molecular weight excluding hydrogens is 230 g/mol. The summed E-state index contributed by atoms with van der Waals surface area (Å²) >= 11 is 0. The first-order chi connectivity index (χ1) is 8.72. The second-order valence-electron chi connectivity index (χ2n) is 4.76. The molecule has 2 N–H and O–H groups in total. The summed E-state index contributed by atoms with van der Waals surface area (Å²) in [5.41, 5.74) is 1.25. The van der Waals surface area contributed by atoms with E-state index < -0.39 is 6.10 Å². The number of aliphatic hydroxyl groups is 1. The lowest BCUT2D eigenvalue weighted by Gasteiger charge is -2.21. The Morgan fingerprint density at radius 3 is 3.06 bits per heavy atom. The Bertz CT molecular complexity index is 383. The molecule has 0 saturated heterocycles. The van der Waals surface area contributed by atoms with Gasteiger partial charge in [-0.05, 0) is 13.0 Å². The van der Waals surface area contributed by atoms with Gasteiger partial charge in [0.05, 0.1) is 19.3 Å². The average molecular weight is 251 g/mol. The van der Waals surface area contributed by atoms with E-state index in [1.54, 1.807) is 7.11 Å². The van der Waals surface area contributed by atoms with Crippen molar-refractivity contribution in [2.75, 3.05) is 26.9 Å². The molecule has 4 heteroatoms. The number of benzene rings is 1. The minimum atomic E-state index is -0.463. The van der Waals surface area contributed by atoms with Crippen LogP contribution in [0.3, 0.4) is 0 Å². The molecule has 0 radical (unpaired) electrons. The van der Waals surface area contributed by atoms with E-state index >= 15 is 0 Å². The van der Waals surface area contributed by atoms with E-state index in [0.29, 0.717) is 25.7 Å². The lowest BCUT2D eigenvalue weighted by Crippen LogP contribution is -2.39. The zero-order chi connectivity index (χ0) is 13.0. The number of aliphatic hydroxyl groups excluding tert-OH is 1. The summed E-state index contributed by atoms with van der Waals surface area (Å²) in [6, 6.07) is 8.40. The van der Waals surface area contributed by atoms with Gasteiger partial charge in [-0.3, -0.25) is 0 Å². The molecule has 0 spiro atoms. The van der Waals surface area contributed by atoms with E-state index in [0.717, 1.165) is 5.75 Å². The van der Waals surface area contributed by atoms with E-state index in [1.165, 1.54) is 5.56 Å². The molecule has 0 saturated carbocycles. The van der Waals surface area contributed by atoms with Gasteiger partial charge < -0.3 is 19.9 Å². The smallest absolute Gasteiger partial charge is 0.122 e. The van der Waals surface area contributed by atoms with Crippen LogP contribution in [-0.4, -0.2) is 44.1 Å². The molecule has 0 fully saturated rings. The number of para-hydroxylation sites is 1. The van der Waals surface area contributed by atoms with Crippen molar-refractivity contribution in [2.45, 2.75) is 25.0 Å². The molecule has 1 heterocycles. The van der Waals surface area contributed by atoms with Crippen LogP contribution < -0.4 is 10.1 Å². The first-order valence-electron chi connectivity index (χ1n) is 6.34. The highest BCUT2D eigenvalue weighted by Gasteiger charge is 2.28. The van der Waals surface area contributed by atoms with Crippen LogP contribution in [0.15, 0.2) is 24.3 Å². The Morgan fingerprint density at radius 1 is 1.50 bits per heavy atom. The van der Waals surface area contributed by atoms with Gasteiger partial charge in [0.2, 0.25) is 0 Å². The number of nitrogens with one attached hydrogen (secondary N) is 1. The fourth-order valence-electron chi connectivity index (χ4n) is 2.32. The van der Waals surface area contributed by atoms with Crippen molar-refractivity contribution in [2.24, 2.45) is 0 Å². The van der Waals surface area contributed by atoms with Gasteiger partial charge in [0.15, 0.2) is 0 Å². The summed E-state index contributed by atoms with van der Waals surface area (Å²) in [5, 5.41) is 13.0. The van der Waals surface area contributed by atoms with Crippen molar-refractivity contribution in [1.29, 1.82) is 0 Å². The quantitative estimate of drug-likeness (QED) is 0.796. The van der Waals surface area contributed by atoms with Crippen molar-refractivity contribution in [3.63, 3.8) is 0 Å². The van der Waals surface area contributed by atoms with Crippen LogP contribution in [0.25, 0.3) is 0 Å². The monoisotopic (exact) mass is 251 g/mol. The number of methoxy groups -OCH3 is 1. The maximum Gasteiger partial charge on any atom is 0.122 e. The van der Waals surface area contributed by atoms with Crippen molar-refractivity contribution in [3.05, 3.63) is 29.8 Å². The summed E-state index contributed by atoms with van der Waals surface area (Å²) in [5.74, 6) is 1.32. The van der Waals surface area contributed by atoms with Gasteiger partial charge in [0, 0.05) is 31.2 Å². The second-order valence-corrected chi connectivity index (χ2v) is 4.76. The third-order valence-corrected chi connectivity index (χ3v) is 3.37. The van der Waals surface area contributed by atoms with Crippen molar-refractivity contribution >= 4 is 0 Å². The fourth-order valence-corrected chi connectivity index (χ4v) is 2.32. The summed E-state index contributed by atoms with van der Waals surface area (Å²) in [7, 11) is 1.59. The number of ether oxygens (including phenoxy) is 2. The van der Waals surface area contributed by atoms with Crippen LogP contribution in [0.4, 0.5) is 0 Å². The predicted molar refractivity (Wildman–Crippen MR) is 70.0 cm³/mol. The summed E-state index contributed by atoms with van der Waals surface area (Å²) in [6.07, 6.45) is -0.463. The number of fused-ring (bicyclic) bond motifs is 1. The predicted octanol–water partition coefficient (Wildman–Crippen LogP) is 1.15. The largest absolute Gasteiger partial charge is 0.493 e.